The van der Waals surface area contributed by atoms with E-state index >= 15 is 0 Å². The van der Waals surface area contributed by atoms with Gasteiger partial charge in [-0.1, -0.05) is 0 Å². The predicted molar refractivity (Wildman–Crippen MR) is 90.0 cm³/mol. The van der Waals surface area contributed by atoms with Crippen molar-refractivity contribution < 1.29 is 18.9 Å². The molecule has 0 N–H and O–H groups in total. The summed E-state index contributed by atoms with van der Waals surface area (Å²) in [5.41, 5.74) is -2.07. The van der Waals surface area contributed by atoms with Crippen LogP contribution in [0.3, 0.4) is 0 Å². The Kier molecular flexibility index (Phi) is 4.72. The van der Waals surface area contributed by atoms with E-state index in [1.807, 2.05) is 0 Å². The standard InChI is InChI=1S/C16H25N3O7/c1-15(2)23-8-10(25-15)6-18-12(20)17(5)13(21)19(14(18)22)7-11-9-24-16(3,4)26-11/h10-11H,6-9H2,1-5H3. The van der Waals surface area contributed by atoms with Gasteiger partial charge in [-0.25, -0.2) is 28.1 Å². The van der Waals surface area contributed by atoms with Crippen LogP contribution in [-0.4, -0.2) is 50.7 Å². The number of rotatable bonds is 4. The van der Waals surface area contributed by atoms with Crippen molar-refractivity contribution in [2.24, 2.45) is 7.05 Å². The number of ether oxygens (including phenoxy) is 4. The van der Waals surface area contributed by atoms with Crippen LogP contribution in [0.15, 0.2) is 14.4 Å². The first-order valence-corrected chi connectivity index (χ1v) is 8.53. The van der Waals surface area contributed by atoms with Crippen molar-refractivity contribution in [2.45, 2.75) is 64.6 Å². The Bertz CT molecular complexity index is 798. The summed E-state index contributed by atoms with van der Waals surface area (Å²) in [6, 6.07) is 0. The van der Waals surface area contributed by atoms with Crippen LogP contribution in [0.4, 0.5) is 0 Å². The molecule has 0 aromatic carbocycles. The second-order valence-corrected chi connectivity index (χ2v) is 7.53. The topological polar surface area (TPSA) is 103 Å². The molecule has 0 amide bonds. The summed E-state index contributed by atoms with van der Waals surface area (Å²) < 4.78 is 25.2. The molecule has 0 saturated carbocycles. The van der Waals surface area contributed by atoms with Crippen molar-refractivity contribution in [3.05, 3.63) is 31.5 Å². The van der Waals surface area contributed by atoms with Gasteiger partial charge in [0.1, 0.15) is 12.2 Å². The largest absolute Gasteiger partial charge is 0.348 e. The molecule has 3 rings (SSSR count). The Morgan fingerprint density at radius 3 is 1.50 bits per heavy atom. The molecule has 2 aliphatic heterocycles. The molecule has 1 aromatic heterocycles. The SMILES string of the molecule is Cn1c(=O)n(CC2COC(C)(C)O2)c(=O)n(CC2COC(C)(C)O2)c1=O. The third-order valence-corrected chi connectivity index (χ3v) is 4.40. The van der Waals surface area contributed by atoms with Crippen LogP contribution in [0.25, 0.3) is 0 Å². The van der Waals surface area contributed by atoms with Gasteiger partial charge in [-0.2, -0.15) is 0 Å². The van der Waals surface area contributed by atoms with E-state index in [2.05, 4.69) is 0 Å². The molecule has 2 aliphatic rings. The summed E-state index contributed by atoms with van der Waals surface area (Å²) in [5, 5.41) is 0. The van der Waals surface area contributed by atoms with Crippen LogP contribution in [0.5, 0.6) is 0 Å². The lowest BCUT2D eigenvalue weighted by Gasteiger charge is -2.19. The van der Waals surface area contributed by atoms with Gasteiger partial charge in [0.2, 0.25) is 0 Å². The van der Waals surface area contributed by atoms with E-state index in [9.17, 15) is 14.4 Å². The van der Waals surface area contributed by atoms with E-state index in [1.54, 1.807) is 27.7 Å². The normalized spacial score (nSPS) is 27.1. The zero-order valence-electron chi connectivity index (χ0n) is 15.7. The molecule has 10 nitrogen and oxygen atoms in total. The van der Waals surface area contributed by atoms with Crippen LogP contribution in [-0.2, 0) is 39.1 Å². The lowest BCUT2D eigenvalue weighted by Crippen LogP contribution is -2.55. The Labute approximate surface area is 149 Å². The van der Waals surface area contributed by atoms with Gasteiger partial charge in [0.05, 0.1) is 26.3 Å². The van der Waals surface area contributed by atoms with Crippen molar-refractivity contribution in [3.63, 3.8) is 0 Å². The molecule has 0 radical (unpaired) electrons. The monoisotopic (exact) mass is 371 g/mol. The average molecular weight is 371 g/mol. The Hall–Kier alpha value is -1.75. The number of hydrogen-bond acceptors (Lipinski definition) is 7. The van der Waals surface area contributed by atoms with Crippen LogP contribution >= 0.6 is 0 Å². The number of hydrogen-bond donors (Lipinski definition) is 0. The fourth-order valence-electron chi connectivity index (χ4n) is 3.18. The van der Waals surface area contributed by atoms with E-state index in [0.717, 1.165) is 13.7 Å². The molecule has 0 spiro atoms. The van der Waals surface area contributed by atoms with E-state index in [-0.39, 0.29) is 26.3 Å². The molecule has 2 atom stereocenters. The van der Waals surface area contributed by atoms with Gasteiger partial charge in [-0.05, 0) is 27.7 Å². The van der Waals surface area contributed by atoms with Gasteiger partial charge >= 0.3 is 17.1 Å². The van der Waals surface area contributed by atoms with Gasteiger partial charge in [0.25, 0.3) is 0 Å². The van der Waals surface area contributed by atoms with Gasteiger partial charge in [-0.3, -0.25) is 0 Å². The van der Waals surface area contributed by atoms with Gasteiger partial charge in [-0.15, -0.1) is 0 Å². The Morgan fingerprint density at radius 1 is 0.808 bits per heavy atom. The van der Waals surface area contributed by atoms with Gasteiger partial charge in [0, 0.05) is 7.05 Å². The third kappa shape index (κ3) is 3.68. The van der Waals surface area contributed by atoms with Crippen molar-refractivity contribution in [3.8, 4) is 0 Å². The minimum absolute atomic E-state index is 0.00271. The maximum absolute atomic E-state index is 12.8. The second kappa shape index (κ2) is 6.45. The average Bonchev–Trinajstić information content (AvgIpc) is 3.07. The van der Waals surface area contributed by atoms with E-state index in [1.165, 1.54) is 7.05 Å². The van der Waals surface area contributed by atoms with E-state index in [0.29, 0.717) is 0 Å². The molecule has 2 fully saturated rings. The summed E-state index contributed by atoms with van der Waals surface area (Å²) in [6.45, 7) is 7.56. The minimum atomic E-state index is -0.769. The third-order valence-electron chi connectivity index (χ3n) is 4.40. The molecule has 2 saturated heterocycles. The quantitative estimate of drug-likeness (QED) is 0.670. The van der Waals surface area contributed by atoms with Crippen molar-refractivity contribution in [1.82, 2.24) is 13.7 Å². The highest BCUT2D eigenvalue weighted by Gasteiger charge is 2.35. The summed E-state index contributed by atoms with van der Waals surface area (Å²) in [6.07, 6.45) is -0.905. The fourth-order valence-corrected chi connectivity index (χ4v) is 3.18. The summed E-state index contributed by atoms with van der Waals surface area (Å²) >= 11 is 0. The summed E-state index contributed by atoms with van der Waals surface area (Å²) in [7, 11) is 1.34. The summed E-state index contributed by atoms with van der Waals surface area (Å²) in [5.74, 6) is -1.54. The fraction of sp³-hybridized carbons (Fsp3) is 0.812. The smallest absolute Gasteiger partial charge is 0.336 e. The van der Waals surface area contributed by atoms with Crippen LogP contribution in [0.2, 0.25) is 0 Å². The van der Waals surface area contributed by atoms with E-state index < -0.39 is 40.9 Å². The molecule has 2 unspecified atom stereocenters. The van der Waals surface area contributed by atoms with Gasteiger partial charge in [0.15, 0.2) is 11.6 Å². The maximum atomic E-state index is 12.8. The van der Waals surface area contributed by atoms with Crippen LogP contribution in [0, 0.1) is 0 Å². The van der Waals surface area contributed by atoms with Gasteiger partial charge < -0.3 is 18.9 Å². The van der Waals surface area contributed by atoms with Crippen molar-refractivity contribution in [2.75, 3.05) is 13.2 Å². The molecular weight excluding hydrogens is 346 g/mol. The van der Waals surface area contributed by atoms with Crippen molar-refractivity contribution in [1.29, 1.82) is 0 Å². The molecule has 146 valence electrons. The summed E-state index contributed by atoms with van der Waals surface area (Å²) in [4.78, 5) is 37.6. The molecule has 0 aliphatic carbocycles. The zero-order chi connectivity index (χ0) is 19.3. The number of aromatic nitrogens is 3. The lowest BCUT2D eigenvalue weighted by atomic mass is 10.3. The first-order valence-electron chi connectivity index (χ1n) is 8.53. The number of nitrogens with zero attached hydrogens (tertiary/aromatic N) is 3. The molecule has 1 aromatic rings. The highest BCUT2D eigenvalue weighted by Crippen LogP contribution is 2.23. The molecule has 3 heterocycles. The molecule has 10 heteroatoms. The first-order chi connectivity index (χ1) is 12.0. The van der Waals surface area contributed by atoms with Crippen LogP contribution in [0.1, 0.15) is 27.7 Å². The molecule has 0 bridgehead atoms. The van der Waals surface area contributed by atoms with Crippen molar-refractivity contribution >= 4 is 0 Å². The first kappa shape index (κ1) is 19.0. The highest BCUT2D eigenvalue weighted by atomic mass is 16.7. The molecular formula is C16H25N3O7. The minimum Gasteiger partial charge on any atom is -0.348 e. The molecule has 26 heavy (non-hydrogen) atoms. The zero-order valence-corrected chi connectivity index (χ0v) is 15.7. The maximum Gasteiger partial charge on any atom is 0.336 e. The van der Waals surface area contributed by atoms with Crippen LogP contribution < -0.4 is 17.1 Å². The lowest BCUT2D eigenvalue weighted by molar-refractivity contribution is -0.140. The Balaban J connectivity index is 1.91. The predicted octanol–water partition coefficient (Wildman–Crippen LogP) is -0.988. The van der Waals surface area contributed by atoms with E-state index in [4.69, 9.17) is 18.9 Å². The second-order valence-electron chi connectivity index (χ2n) is 7.53. The Morgan fingerprint density at radius 2 is 1.19 bits per heavy atom. The highest BCUT2D eigenvalue weighted by molar-refractivity contribution is 4.83.